The maximum Gasteiger partial charge on any atom is 0.416 e. The largest absolute Gasteiger partial charge is 0.416 e. The molecule has 0 aliphatic carbocycles. The number of hydrogen-bond acceptors (Lipinski definition) is 3. The molecule has 0 bridgehead atoms. The van der Waals surface area contributed by atoms with Crippen molar-refractivity contribution in [2.45, 2.75) is 26.1 Å². The Kier molecular flexibility index (Phi) is 4.57. The van der Waals surface area contributed by atoms with Gasteiger partial charge in [-0.3, -0.25) is 9.97 Å². The second kappa shape index (κ2) is 6.22. The average molecular weight is 295 g/mol. The van der Waals surface area contributed by atoms with Gasteiger partial charge in [-0.1, -0.05) is 13.0 Å². The summed E-state index contributed by atoms with van der Waals surface area (Å²) in [5, 5.41) is 3.07. The number of aryl methyl sites for hydroxylation is 1. The van der Waals surface area contributed by atoms with Crippen molar-refractivity contribution in [3.63, 3.8) is 0 Å². The quantitative estimate of drug-likeness (QED) is 0.938. The molecule has 0 aliphatic rings. The van der Waals surface area contributed by atoms with E-state index in [-0.39, 0.29) is 5.56 Å². The highest BCUT2D eigenvalue weighted by Gasteiger charge is 2.35. The van der Waals surface area contributed by atoms with E-state index in [1.807, 2.05) is 13.8 Å². The summed E-state index contributed by atoms with van der Waals surface area (Å²) < 4.78 is 39.5. The van der Waals surface area contributed by atoms with Gasteiger partial charge < -0.3 is 5.32 Å². The van der Waals surface area contributed by atoms with Crippen molar-refractivity contribution < 1.29 is 13.2 Å². The van der Waals surface area contributed by atoms with Gasteiger partial charge in [0, 0.05) is 29.8 Å². The fraction of sp³-hybridized carbons (Fsp3) is 0.333. The molecule has 0 aliphatic heterocycles. The van der Waals surface area contributed by atoms with Crippen molar-refractivity contribution in [1.29, 1.82) is 0 Å². The maximum atomic E-state index is 13.2. The van der Waals surface area contributed by atoms with Crippen LogP contribution in [0, 0.1) is 6.92 Å². The monoisotopic (exact) mass is 295 g/mol. The average Bonchev–Trinajstić information content (AvgIpc) is 2.45. The molecule has 2 aromatic rings. The van der Waals surface area contributed by atoms with E-state index >= 15 is 0 Å². The van der Waals surface area contributed by atoms with E-state index in [4.69, 9.17) is 0 Å². The smallest absolute Gasteiger partial charge is 0.306 e. The van der Waals surface area contributed by atoms with E-state index in [0.717, 1.165) is 18.0 Å². The highest BCUT2D eigenvalue weighted by molar-refractivity contribution is 5.36. The molecule has 0 fully saturated rings. The van der Waals surface area contributed by atoms with Crippen LogP contribution in [0.15, 0.2) is 36.8 Å². The van der Waals surface area contributed by atoms with Crippen molar-refractivity contribution in [2.24, 2.45) is 0 Å². The Morgan fingerprint density at radius 1 is 1.19 bits per heavy atom. The molecule has 0 radical (unpaired) electrons. The number of nitrogens with zero attached hydrogens (tertiary/aromatic N) is 2. The SMILES string of the molecule is CCNC(c1ccc(C)nc1)c1cnccc1C(F)(F)F. The lowest BCUT2D eigenvalue weighted by Gasteiger charge is -2.22. The van der Waals surface area contributed by atoms with Crippen LogP contribution in [0.4, 0.5) is 13.2 Å². The topological polar surface area (TPSA) is 37.8 Å². The molecule has 0 amide bonds. The molecule has 21 heavy (non-hydrogen) atoms. The van der Waals surface area contributed by atoms with Crippen LogP contribution >= 0.6 is 0 Å². The lowest BCUT2D eigenvalue weighted by atomic mass is 9.96. The minimum atomic E-state index is -4.41. The fourth-order valence-corrected chi connectivity index (χ4v) is 2.16. The maximum absolute atomic E-state index is 13.2. The number of nitrogens with one attached hydrogen (secondary N) is 1. The predicted octanol–water partition coefficient (Wildman–Crippen LogP) is 3.50. The molecule has 6 heteroatoms. The van der Waals surface area contributed by atoms with Crippen molar-refractivity contribution in [1.82, 2.24) is 15.3 Å². The van der Waals surface area contributed by atoms with E-state index in [2.05, 4.69) is 15.3 Å². The first-order valence-corrected chi connectivity index (χ1v) is 6.60. The minimum Gasteiger partial charge on any atom is -0.306 e. The van der Waals surface area contributed by atoms with Crippen LogP contribution in [0.1, 0.15) is 35.3 Å². The van der Waals surface area contributed by atoms with E-state index in [0.29, 0.717) is 12.1 Å². The first-order valence-electron chi connectivity index (χ1n) is 6.60. The van der Waals surface area contributed by atoms with E-state index in [9.17, 15) is 13.2 Å². The third-order valence-corrected chi connectivity index (χ3v) is 3.14. The summed E-state index contributed by atoms with van der Waals surface area (Å²) in [5.41, 5.74) is 0.929. The molecule has 0 aromatic carbocycles. The third-order valence-electron chi connectivity index (χ3n) is 3.14. The summed E-state index contributed by atoms with van der Waals surface area (Å²) in [6.45, 7) is 4.21. The van der Waals surface area contributed by atoms with Crippen LogP contribution in [-0.2, 0) is 6.18 Å². The lowest BCUT2D eigenvalue weighted by molar-refractivity contribution is -0.138. The normalized spacial score (nSPS) is 13.2. The van der Waals surface area contributed by atoms with Crippen molar-refractivity contribution >= 4 is 0 Å². The van der Waals surface area contributed by atoms with Gasteiger partial charge in [-0.2, -0.15) is 13.2 Å². The Bertz CT molecular complexity index is 594. The van der Waals surface area contributed by atoms with Gasteiger partial charge in [0.15, 0.2) is 0 Å². The lowest BCUT2D eigenvalue weighted by Crippen LogP contribution is -2.25. The number of pyridine rings is 2. The molecule has 112 valence electrons. The molecule has 2 aromatic heterocycles. The van der Waals surface area contributed by atoms with Crippen LogP contribution in [0.25, 0.3) is 0 Å². The minimum absolute atomic E-state index is 0.109. The van der Waals surface area contributed by atoms with Gasteiger partial charge in [-0.15, -0.1) is 0 Å². The summed E-state index contributed by atoms with van der Waals surface area (Å²) in [6, 6.07) is 3.97. The highest BCUT2D eigenvalue weighted by Crippen LogP contribution is 2.35. The van der Waals surface area contributed by atoms with Gasteiger partial charge in [0.05, 0.1) is 11.6 Å². The summed E-state index contributed by atoms with van der Waals surface area (Å²) in [5.74, 6) is 0. The molecule has 1 atom stereocenters. The van der Waals surface area contributed by atoms with Gasteiger partial charge >= 0.3 is 6.18 Å². The van der Waals surface area contributed by atoms with Crippen LogP contribution in [-0.4, -0.2) is 16.5 Å². The summed E-state index contributed by atoms with van der Waals surface area (Å²) in [6.07, 6.45) is -0.404. The molecule has 3 nitrogen and oxygen atoms in total. The molecule has 1 unspecified atom stereocenters. The number of hydrogen-bond donors (Lipinski definition) is 1. The van der Waals surface area contributed by atoms with Crippen LogP contribution in [0.3, 0.4) is 0 Å². The standard InChI is InChI=1S/C15H16F3N3/c1-3-20-14(11-5-4-10(2)21-8-11)12-9-19-7-6-13(12)15(16,17)18/h4-9,14,20H,3H2,1-2H3. The first-order chi connectivity index (χ1) is 9.93. The van der Waals surface area contributed by atoms with Crippen molar-refractivity contribution in [3.8, 4) is 0 Å². The third kappa shape index (κ3) is 3.58. The Morgan fingerprint density at radius 2 is 1.95 bits per heavy atom. The molecule has 0 spiro atoms. The fourth-order valence-electron chi connectivity index (χ4n) is 2.16. The molecule has 1 N–H and O–H groups in total. The number of alkyl halides is 3. The molecule has 0 saturated carbocycles. The number of halogens is 3. The van der Waals surface area contributed by atoms with E-state index in [1.165, 1.54) is 6.20 Å². The Hall–Kier alpha value is -1.95. The summed E-state index contributed by atoms with van der Waals surface area (Å²) in [7, 11) is 0. The molecular formula is C15H16F3N3. The molecular weight excluding hydrogens is 279 g/mol. The van der Waals surface area contributed by atoms with Crippen molar-refractivity contribution in [2.75, 3.05) is 6.54 Å². The summed E-state index contributed by atoms with van der Waals surface area (Å²) >= 11 is 0. The van der Waals surface area contributed by atoms with Gasteiger partial charge in [-0.25, -0.2) is 0 Å². The number of rotatable bonds is 4. The Balaban J connectivity index is 2.51. The Morgan fingerprint density at radius 3 is 2.52 bits per heavy atom. The first kappa shape index (κ1) is 15.4. The zero-order valence-electron chi connectivity index (χ0n) is 11.8. The van der Waals surface area contributed by atoms with Crippen LogP contribution in [0.5, 0.6) is 0 Å². The van der Waals surface area contributed by atoms with Gasteiger partial charge in [0.25, 0.3) is 0 Å². The van der Waals surface area contributed by atoms with Crippen molar-refractivity contribution in [3.05, 3.63) is 59.2 Å². The zero-order chi connectivity index (χ0) is 15.5. The zero-order valence-corrected chi connectivity index (χ0v) is 11.8. The van der Waals surface area contributed by atoms with Crippen LogP contribution < -0.4 is 5.32 Å². The summed E-state index contributed by atoms with van der Waals surface area (Å²) in [4.78, 5) is 8.00. The van der Waals surface area contributed by atoms with Crippen LogP contribution in [0.2, 0.25) is 0 Å². The van der Waals surface area contributed by atoms with Gasteiger partial charge in [0.2, 0.25) is 0 Å². The second-order valence-electron chi connectivity index (χ2n) is 4.68. The number of aromatic nitrogens is 2. The molecule has 0 saturated heterocycles. The van der Waals surface area contributed by atoms with Gasteiger partial charge in [-0.05, 0) is 31.2 Å². The highest BCUT2D eigenvalue weighted by atomic mass is 19.4. The second-order valence-corrected chi connectivity index (χ2v) is 4.68. The predicted molar refractivity (Wildman–Crippen MR) is 73.7 cm³/mol. The van der Waals surface area contributed by atoms with E-state index in [1.54, 1.807) is 18.3 Å². The van der Waals surface area contributed by atoms with Gasteiger partial charge in [0.1, 0.15) is 0 Å². The Labute approximate surface area is 121 Å². The molecule has 2 heterocycles. The molecule has 2 rings (SSSR count). The van der Waals surface area contributed by atoms with E-state index < -0.39 is 17.8 Å².